The smallest absolute Gasteiger partial charge is 0.221 e. The highest BCUT2D eigenvalue weighted by atomic mass is 16.5. The molecule has 0 saturated carbocycles. The zero-order valence-corrected chi connectivity index (χ0v) is 11.9. The van der Waals surface area contributed by atoms with Gasteiger partial charge in [-0.2, -0.15) is 0 Å². The number of nitrogens with one attached hydrogen (secondary N) is 1. The number of hydrogen-bond acceptors (Lipinski definition) is 5. The zero-order chi connectivity index (χ0) is 13.8. The summed E-state index contributed by atoms with van der Waals surface area (Å²) in [5.41, 5.74) is 6.59. The van der Waals surface area contributed by atoms with E-state index in [0.717, 1.165) is 11.4 Å². The molecule has 102 valence electrons. The van der Waals surface area contributed by atoms with E-state index >= 15 is 0 Å². The second-order valence-electron chi connectivity index (χ2n) is 4.99. The molecule has 1 atom stereocenters. The van der Waals surface area contributed by atoms with Crippen LogP contribution in [-0.4, -0.2) is 28.7 Å². The molecule has 18 heavy (non-hydrogen) atoms. The first-order valence-corrected chi connectivity index (χ1v) is 6.37. The van der Waals surface area contributed by atoms with Crippen LogP contribution in [0.1, 0.15) is 33.3 Å². The summed E-state index contributed by atoms with van der Waals surface area (Å²) in [4.78, 5) is 8.40. The molecule has 5 nitrogen and oxygen atoms in total. The Kier molecular flexibility index (Phi) is 4.90. The molecule has 1 aromatic heterocycles. The monoisotopic (exact) mass is 252 g/mol. The minimum Gasteiger partial charge on any atom is -0.478 e. The molecule has 0 radical (unpaired) electrons. The predicted molar refractivity (Wildman–Crippen MR) is 73.9 cm³/mol. The molecule has 1 rings (SSSR count). The van der Waals surface area contributed by atoms with Crippen LogP contribution in [0.3, 0.4) is 0 Å². The zero-order valence-electron chi connectivity index (χ0n) is 11.9. The van der Waals surface area contributed by atoms with Crippen LogP contribution in [0.5, 0.6) is 5.88 Å². The van der Waals surface area contributed by atoms with Gasteiger partial charge in [0, 0.05) is 6.54 Å². The van der Waals surface area contributed by atoms with E-state index in [1.807, 2.05) is 13.8 Å². The van der Waals surface area contributed by atoms with Crippen molar-refractivity contribution in [2.24, 2.45) is 11.7 Å². The molecule has 1 heterocycles. The topological polar surface area (TPSA) is 73.1 Å². The molecule has 0 fully saturated rings. The van der Waals surface area contributed by atoms with Crippen molar-refractivity contribution in [3.05, 3.63) is 11.9 Å². The first kappa shape index (κ1) is 14.7. The molecule has 0 amide bonds. The standard InChI is InChI=1S/C13H24N4O/c1-6-18-12-10(4)11(15-8-16-12)17-13(5,7-14)9(2)3/h8-9H,6-7,14H2,1-5H3,(H,15,16,17). The van der Waals surface area contributed by atoms with Crippen LogP contribution in [0.25, 0.3) is 0 Å². The highest BCUT2D eigenvalue weighted by molar-refractivity contribution is 5.49. The number of rotatable bonds is 6. The lowest BCUT2D eigenvalue weighted by atomic mass is 9.88. The van der Waals surface area contributed by atoms with Gasteiger partial charge in [-0.05, 0) is 26.7 Å². The van der Waals surface area contributed by atoms with Crippen LogP contribution in [-0.2, 0) is 0 Å². The van der Waals surface area contributed by atoms with E-state index in [0.29, 0.717) is 24.9 Å². The molecule has 0 aliphatic heterocycles. The van der Waals surface area contributed by atoms with Gasteiger partial charge in [0.15, 0.2) is 0 Å². The van der Waals surface area contributed by atoms with Crippen molar-refractivity contribution in [1.82, 2.24) is 9.97 Å². The number of nitrogens with two attached hydrogens (primary N) is 1. The highest BCUT2D eigenvalue weighted by Gasteiger charge is 2.27. The van der Waals surface area contributed by atoms with Gasteiger partial charge in [0.05, 0.1) is 17.7 Å². The maximum atomic E-state index is 5.87. The van der Waals surface area contributed by atoms with Gasteiger partial charge < -0.3 is 15.8 Å². The Morgan fingerprint density at radius 2 is 2.11 bits per heavy atom. The Bertz CT molecular complexity index is 395. The summed E-state index contributed by atoms with van der Waals surface area (Å²) in [5.74, 6) is 1.81. The number of aromatic nitrogens is 2. The van der Waals surface area contributed by atoms with Gasteiger partial charge in [-0.1, -0.05) is 13.8 Å². The van der Waals surface area contributed by atoms with Crippen LogP contribution in [0.2, 0.25) is 0 Å². The van der Waals surface area contributed by atoms with Gasteiger partial charge in [0.1, 0.15) is 12.1 Å². The molecule has 5 heteroatoms. The molecular formula is C13H24N4O. The normalized spacial score (nSPS) is 14.4. The second-order valence-corrected chi connectivity index (χ2v) is 4.99. The van der Waals surface area contributed by atoms with Crippen molar-refractivity contribution < 1.29 is 4.74 Å². The summed E-state index contributed by atoms with van der Waals surface area (Å²) < 4.78 is 5.46. The largest absolute Gasteiger partial charge is 0.478 e. The van der Waals surface area contributed by atoms with E-state index in [1.54, 1.807) is 0 Å². The van der Waals surface area contributed by atoms with E-state index in [-0.39, 0.29) is 5.54 Å². The molecule has 1 unspecified atom stereocenters. The number of hydrogen-bond donors (Lipinski definition) is 2. The Morgan fingerprint density at radius 3 is 2.61 bits per heavy atom. The van der Waals surface area contributed by atoms with Gasteiger partial charge in [-0.15, -0.1) is 0 Å². The number of nitrogens with zero attached hydrogens (tertiary/aromatic N) is 2. The average molecular weight is 252 g/mol. The SMILES string of the molecule is CCOc1ncnc(NC(C)(CN)C(C)C)c1C. The van der Waals surface area contributed by atoms with Crippen molar-refractivity contribution in [1.29, 1.82) is 0 Å². The number of ether oxygens (including phenoxy) is 1. The molecule has 1 aromatic rings. The van der Waals surface area contributed by atoms with Crippen molar-refractivity contribution in [3.63, 3.8) is 0 Å². The first-order valence-electron chi connectivity index (χ1n) is 6.37. The molecule has 0 aliphatic rings. The quantitative estimate of drug-likeness (QED) is 0.809. The van der Waals surface area contributed by atoms with Crippen molar-refractivity contribution in [3.8, 4) is 5.88 Å². The van der Waals surface area contributed by atoms with E-state index in [2.05, 4.69) is 36.1 Å². The summed E-state index contributed by atoms with van der Waals surface area (Å²) in [6.07, 6.45) is 1.51. The summed E-state index contributed by atoms with van der Waals surface area (Å²) >= 11 is 0. The van der Waals surface area contributed by atoms with Crippen LogP contribution in [0.15, 0.2) is 6.33 Å². The maximum Gasteiger partial charge on any atom is 0.221 e. The fourth-order valence-corrected chi connectivity index (χ4v) is 1.54. The molecule has 0 bridgehead atoms. The third-order valence-electron chi connectivity index (χ3n) is 3.42. The van der Waals surface area contributed by atoms with Crippen molar-refractivity contribution in [2.45, 2.75) is 40.2 Å². The van der Waals surface area contributed by atoms with Crippen LogP contribution in [0.4, 0.5) is 5.82 Å². The van der Waals surface area contributed by atoms with E-state index in [9.17, 15) is 0 Å². The lowest BCUT2D eigenvalue weighted by molar-refractivity contribution is 0.323. The average Bonchev–Trinajstić information content (AvgIpc) is 2.34. The van der Waals surface area contributed by atoms with Crippen LogP contribution in [0, 0.1) is 12.8 Å². The molecule has 0 aliphatic carbocycles. The minimum atomic E-state index is -0.192. The molecule has 0 aromatic carbocycles. The van der Waals surface area contributed by atoms with Crippen molar-refractivity contribution in [2.75, 3.05) is 18.5 Å². The van der Waals surface area contributed by atoms with Crippen LogP contribution < -0.4 is 15.8 Å². The molecule has 3 N–H and O–H groups in total. The van der Waals surface area contributed by atoms with E-state index in [1.165, 1.54) is 6.33 Å². The molecule has 0 saturated heterocycles. The summed E-state index contributed by atoms with van der Waals surface area (Å²) in [5, 5.41) is 3.42. The second kappa shape index (κ2) is 6.00. The maximum absolute atomic E-state index is 5.87. The van der Waals surface area contributed by atoms with E-state index < -0.39 is 0 Å². The summed E-state index contributed by atoms with van der Waals surface area (Å²) in [6, 6.07) is 0. The molecular weight excluding hydrogens is 228 g/mol. The fraction of sp³-hybridized carbons (Fsp3) is 0.692. The van der Waals surface area contributed by atoms with Gasteiger partial charge in [0.25, 0.3) is 0 Å². The van der Waals surface area contributed by atoms with Gasteiger partial charge in [0.2, 0.25) is 5.88 Å². The fourth-order valence-electron chi connectivity index (χ4n) is 1.54. The van der Waals surface area contributed by atoms with E-state index in [4.69, 9.17) is 10.5 Å². The predicted octanol–water partition coefficient (Wildman–Crippen LogP) is 1.97. The highest BCUT2D eigenvalue weighted by Crippen LogP contribution is 2.26. The lowest BCUT2D eigenvalue weighted by Gasteiger charge is -2.34. The third-order valence-corrected chi connectivity index (χ3v) is 3.42. The summed E-state index contributed by atoms with van der Waals surface area (Å²) in [7, 11) is 0. The van der Waals surface area contributed by atoms with Crippen LogP contribution >= 0.6 is 0 Å². The minimum absolute atomic E-state index is 0.192. The number of anilines is 1. The van der Waals surface area contributed by atoms with Crippen molar-refractivity contribution >= 4 is 5.82 Å². The Morgan fingerprint density at radius 1 is 1.44 bits per heavy atom. The summed E-state index contributed by atoms with van der Waals surface area (Å²) in [6.45, 7) is 11.4. The Hall–Kier alpha value is -1.36. The Balaban J connectivity index is 3.00. The van der Waals surface area contributed by atoms with Gasteiger partial charge in [-0.3, -0.25) is 0 Å². The van der Waals surface area contributed by atoms with Gasteiger partial charge in [-0.25, -0.2) is 9.97 Å². The molecule has 0 spiro atoms. The third kappa shape index (κ3) is 3.10. The first-order chi connectivity index (χ1) is 8.44. The lowest BCUT2D eigenvalue weighted by Crippen LogP contribution is -2.47. The van der Waals surface area contributed by atoms with Gasteiger partial charge >= 0.3 is 0 Å². The Labute approximate surface area is 109 Å².